The highest BCUT2D eigenvalue weighted by molar-refractivity contribution is 5.95. The number of benzene rings is 1. The van der Waals surface area contributed by atoms with Gasteiger partial charge in [0.1, 0.15) is 12.4 Å². The standard InChI is InChI=1S/C18H22N6O3/c25-16(12-24-18(27)23-10-3-1-2-4-15(23)21-24)20-13-5-7-14(8-6-13)22-11-9-19-17(22)26/h5-8H,1-4,9-12H2,(H,19,26)(H,20,25). The first-order chi connectivity index (χ1) is 13.1. The third-order valence-corrected chi connectivity index (χ3v) is 4.89. The second kappa shape index (κ2) is 7.26. The van der Waals surface area contributed by atoms with Crippen molar-refractivity contribution in [1.82, 2.24) is 19.7 Å². The average molecular weight is 370 g/mol. The van der Waals surface area contributed by atoms with Crippen molar-refractivity contribution in [1.29, 1.82) is 0 Å². The molecular weight excluding hydrogens is 348 g/mol. The van der Waals surface area contributed by atoms with E-state index in [2.05, 4.69) is 15.7 Å². The molecule has 2 aromatic rings. The number of carbonyl (C=O) groups is 2. The molecule has 4 rings (SSSR count). The summed E-state index contributed by atoms with van der Waals surface area (Å²) in [6, 6.07) is 6.93. The van der Waals surface area contributed by atoms with Crippen LogP contribution in [-0.4, -0.2) is 39.4 Å². The van der Waals surface area contributed by atoms with Crippen LogP contribution in [0.2, 0.25) is 0 Å². The molecule has 0 aliphatic carbocycles. The van der Waals surface area contributed by atoms with Gasteiger partial charge in [0.05, 0.1) is 0 Å². The van der Waals surface area contributed by atoms with E-state index in [-0.39, 0.29) is 24.2 Å². The summed E-state index contributed by atoms with van der Waals surface area (Å²) in [4.78, 5) is 38.1. The molecule has 0 saturated carbocycles. The fourth-order valence-corrected chi connectivity index (χ4v) is 3.51. The summed E-state index contributed by atoms with van der Waals surface area (Å²) in [5.41, 5.74) is 1.16. The van der Waals surface area contributed by atoms with Crippen LogP contribution in [0.25, 0.3) is 0 Å². The highest BCUT2D eigenvalue weighted by atomic mass is 16.2. The van der Waals surface area contributed by atoms with Crippen LogP contribution in [0, 0.1) is 0 Å². The maximum Gasteiger partial charge on any atom is 0.346 e. The molecule has 0 unspecified atom stereocenters. The molecule has 2 aliphatic rings. The van der Waals surface area contributed by atoms with E-state index in [1.54, 1.807) is 33.7 Å². The number of aromatic nitrogens is 3. The van der Waals surface area contributed by atoms with Gasteiger partial charge < -0.3 is 10.6 Å². The minimum Gasteiger partial charge on any atom is -0.336 e. The van der Waals surface area contributed by atoms with Crippen LogP contribution in [0.15, 0.2) is 29.1 Å². The largest absolute Gasteiger partial charge is 0.346 e. The summed E-state index contributed by atoms with van der Waals surface area (Å²) < 4.78 is 2.91. The molecule has 3 amide bonds. The molecular formula is C18H22N6O3. The number of urea groups is 1. The van der Waals surface area contributed by atoms with Crippen LogP contribution >= 0.6 is 0 Å². The Labute approximate surface area is 156 Å². The van der Waals surface area contributed by atoms with Crippen molar-refractivity contribution >= 4 is 23.3 Å². The Morgan fingerprint density at radius 1 is 1.11 bits per heavy atom. The molecule has 27 heavy (non-hydrogen) atoms. The van der Waals surface area contributed by atoms with Crippen molar-refractivity contribution < 1.29 is 9.59 Å². The Kier molecular flexibility index (Phi) is 4.66. The van der Waals surface area contributed by atoms with Gasteiger partial charge in [-0.3, -0.25) is 14.3 Å². The first-order valence-corrected chi connectivity index (χ1v) is 9.23. The number of hydrogen-bond donors (Lipinski definition) is 2. The molecule has 9 heteroatoms. The van der Waals surface area contributed by atoms with Crippen molar-refractivity contribution in [3.8, 4) is 0 Å². The van der Waals surface area contributed by atoms with Gasteiger partial charge in [0.25, 0.3) is 0 Å². The summed E-state index contributed by atoms with van der Waals surface area (Å²) in [5, 5.41) is 9.84. The topological polar surface area (TPSA) is 101 Å². The maximum absolute atomic E-state index is 12.4. The lowest BCUT2D eigenvalue weighted by atomic mass is 10.2. The Balaban J connectivity index is 1.41. The van der Waals surface area contributed by atoms with Gasteiger partial charge in [-0.1, -0.05) is 6.42 Å². The maximum atomic E-state index is 12.4. The second-order valence-electron chi connectivity index (χ2n) is 6.80. The third kappa shape index (κ3) is 3.57. The second-order valence-corrected chi connectivity index (χ2v) is 6.80. The lowest BCUT2D eigenvalue weighted by molar-refractivity contribution is -0.117. The quantitative estimate of drug-likeness (QED) is 0.836. The molecule has 1 aromatic heterocycles. The summed E-state index contributed by atoms with van der Waals surface area (Å²) >= 11 is 0. The number of hydrogen-bond acceptors (Lipinski definition) is 4. The zero-order valence-corrected chi connectivity index (χ0v) is 15.0. The van der Waals surface area contributed by atoms with Crippen LogP contribution in [0.3, 0.4) is 0 Å². The molecule has 142 valence electrons. The lowest BCUT2D eigenvalue weighted by Gasteiger charge is -2.14. The van der Waals surface area contributed by atoms with E-state index in [4.69, 9.17) is 0 Å². The lowest BCUT2D eigenvalue weighted by Crippen LogP contribution is -2.30. The summed E-state index contributed by atoms with van der Waals surface area (Å²) in [6.07, 6.45) is 3.85. The molecule has 9 nitrogen and oxygen atoms in total. The molecule has 1 saturated heterocycles. The van der Waals surface area contributed by atoms with Gasteiger partial charge in [0.2, 0.25) is 5.91 Å². The van der Waals surface area contributed by atoms with E-state index >= 15 is 0 Å². The number of aryl methyl sites for hydroxylation is 1. The van der Waals surface area contributed by atoms with E-state index < -0.39 is 0 Å². The van der Waals surface area contributed by atoms with E-state index in [0.717, 1.165) is 37.2 Å². The van der Waals surface area contributed by atoms with E-state index in [1.165, 1.54) is 4.68 Å². The number of anilines is 2. The van der Waals surface area contributed by atoms with Gasteiger partial charge in [-0.25, -0.2) is 14.3 Å². The van der Waals surface area contributed by atoms with Gasteiger partial charge >= 0.3 is 11.7 Å². The first kappa shape index (κ1) is 17.3. The number of rotatable bonds is 4. The van der Waals surface area contributed by atoms with Crippen LogP contribution in [0.4, 0.5) is 16.2 Å². The van der Waals surface area contributed by atoms with Crippen molar-refractivity contribution in [2.24, 2.45) is 0 Å². The number of nitrogens with one attached hydrogen (secondary N) is 2. The predicted molar refractivity (Wildman–Crippen MR) is 99.9 cm³/mol. The molecule has 0 radical (unpaired) electrons. The third-order valence-electron chi connectivity index (χ3n) is 4.89. The SMILES string of the molecule is O=C(Cn1nc2n(c1=O)CCCCC2)Nc1ccc(N2CCNC2=O)cc1. The van der Waals surface area contributed by atoms with E-state index in [9.17, 15) is 14.4 Å². The van der Waals surface area contributed by atoms with Gasteiger partial charge in [0, 0.05) is 37.4 Å². The zero-order chi connectivity index (χ0) is 18.8. The Morgan fingerprint density at radius 2 is 1.93 bits per heavy atom. The van der Waals surface area contributed by atoms with Crippen molar-refractivity contribution in [3.63, 3.8) is 0 Å². The fraction of sp³-hybridized carbons (Fsp3) is 0.444. The molecule has 2 N–H and O–H groups in total. The molecule has 3 heterocycles. The van der Waals surface area contributed by atoms with Crippen LogP contribution in [0.5, 0.6) is 0 Å². The highest BCUT2D eigenvalue weighted by Gasteiger charge is 2.21. The highest BCUT2D eigenvalue weighted by Crippen LogP contribution is 2.19. The van der Waals surface area contributed by atoms with Gasteiger partial charge in [0.15, 0.2) is 0 Å². The van der Waals surface area contributed by atoms with Crippen LogP contribution in [0.1, 0.15) is 25.1 Å². The molecule has 0 atom stereocenters. The van der Waals surface area contributed by atoms with Crippen LogP contribution in [-0.2, 0) is 24.3 Å². The van der Waals surface area contributed by atoms with Crippen LogP contribution < -0.4 is 21.2 Å². The normalized spacial score (nSPS) is 16.6. The van der Waals surface area contributed by atoms with Crippen molar-refractivity contribution in [2.45, 2.75) is 38.8 Å². The van der Waals surface area contributed by atoms with Gasteiger partial charge in [-0.05, 0) is 37.1 Å². The van der Waals surface area contributed by atoms with Crippen molar-refractivity contribution in [3.05, 3.63) is 40.6 Å². The molecule has 0 bridgehead atoms. The zero-order valence-electron chi connectivity index (χ0n) is 15.0. The van der Waals surface area contributed by atoms with Crippen molar-refractivity contribution in [2.75, 3.05) is 23.3 Å². The molecule has 0 spiro atoms. The Morgan fingerprint density at radius 3 is 2.67 bits per heavy atom. The molecule has 2 aliphatic heterocycles. The summed E-state index contributed by atoms with van der Waals surface area (Å²) in [5.74, 6) is 0.454. The number of carbonyl (C=O) groups excluding carboxylic acids is 2. The number of nitrogens with zero attached hydrogens (tertiary/aromatic N) is 4. The monoisotopic (exact) mass is 370 g/mol. The number of amides is 3. The molecule has 1 fully saturated rings. The van der Waals surface area contributed by atoms with Gasteiger partial charge in [-0.15, -0.1) is 0 Å². The fourth-order valence-electron chi connectivity index (χ4n) is 3.51. The van der Waals surface area contributed by atoms with E-state index in [0.29, 0.717) is 25.3 Å². The smallest absolute Gasteiger partial charge is 0.336 e. The van der Waals surface area contributed by atoms with Gasteiger partial charge in [-0.2, -0.15) is 5.10 Å². The molecule has 1 aromatic carbocycles. The minimum absolute atomic E-state index is 0.116. The first-order valence-electron chi connectivity index (χ1n) is 9.23. The summed E-state index contributed by atoms with van der Waals surface area (Å²) in [7, 11) is 0. The average Bonchev–Trinajstić information content (AvgIpc) is 3.10. The predicted octanol–water partition coefficient (Wildman–Crippen LogP) is 0.939. The summed E-state index contributed by atoms with van der Waals surface area (Å²) in [6.45, 7) is 1.80. The number of fused-ring (bicyclic) bond motifs is 1. The Hall–Kier alpha value is -3.10. The Bertz CT molecular complexity index is 914. The minimum atomic E-state index is -0.308. The van der Waals surface area contributed by atoms with E-state index in [1.807, 2.05) is 0 Å².